The lowest BCUT2D eigenvalue weighted by Crippen LogP contribution is -2.32. The number of aromatic hydroxyl groups is 1. The first-order valence-electron chi connectivity index (χ1n) is 5.62. The molecule has 1 unspecified atom stereocenters. The van der Waals surface area contributed by atoms with Crippen molar-refractivity contribution in [3.63, 3.8) is 0 Å². The van der Waals surface area contributed by atoms with Crippen molar-refractivity contribution in [1.82, 2.24) is 5.32 Å². The second kappa shape index (κ2) is 3.86. The molecular formula is C13H19NO. The highest BCUT2D eigenvalue weighted by atomic mass is 16.3. The molecule has 15 heavy (non-hydrogen) atoms. The van der Waals surface area contributed by atoms with Crippen molar-refractivity contribution in [3.8, 4) is 5.75 Å². The number of phenols is 1. The summed E-state index contributed by atoms with van der Waals surface area (Å²) in [5.41, 5.74) is 1.47. The van der Waals surface area contributed by atoms with E-state index in [-0.39, 0.29) is 0 Å². The van der Waals surface area contributed by atoms with Gasteiger partial charge in [-0.15, -0.1) is 0 Å². The molecule has 1 aliphatic rings. The van der Waals surface area contributed by atoms with Crippen molar-refractivity contribution in [3.05, 3.63) is 29.8 Å². The van der Waals surface area contributed by atoms with Crippen LogP contribution in [0, 0.1) is 5.41 Å². The molecule has 1 saturated carbocycles. The first-order valence-corrected chi connectivity index (χ1v) is 5.62. The Morgan fingerprint density at radius 3 is 2.67 bits per heavy atom. The summed E-state index contributed by atoms with van der Waals surface area (Å²) in [7, 11) is 0. The number of hydrogen-bond acceptors (Lipinski definition) is 2. The van der Waals surface area contributed by atoms with Crippen LogP contribution in [0.2, 0.25) is 0 Å². The minimum absolute atomic E-state index is 0.387. The molecule has 82 valence electrons. The third-order valence-electron chi connectivity index (χ3n) is 3.67. The second-order valence-corrected chi connectivity index (χ2v) is 4.89. The third kappa shape index (κ3) is 2.32. The molecule has 1 atom stereocenters. The van der Waals surface area contributed by atoms with E-state index < -0.39 is 0 Å². The number of phenolic OH excluding ortho intramolecular Hbond substituents is 1. The summed E-state index contributed by atoms with van der Waals surface area (Å²) in [5, 5.41) is 13.1. The zero-order valence-corrected chi connectivity index (χ0v) is 9.46. The standard InChI is InChI=1S/C13H19NO/c1-10(13(2)7-8-13)14-9-11-5-3-4-6-12(11)15/h3-6,10,14-15H,7-9H2,1-2H3. The van der Waals surface area contributed by atoms with E-state index in [1.54, 1.807) is 6.07 Å². The molecule has 0 saturated heterocycles. The summed E-state index contributed by atoms with van der Waals surface area (Å²) in [5.74, 6) is 0.387. The van der Waals surface area contributed by atoms with Crippen LogP contribution >= 0.6 is 0 Å². The maximum atomic E-state index is 9.60. The Hall–Kier alpha value is -1.02. The van der Waals surface area contributed by atoms with Gasteiger partial charge in [0, 0.05) is 18.2 Å². The highest BCUT2D eigenvalue weighted by molar-refractivity contribution is 5.31. The Kier molecular flexibility index (Phi) is 2.70. The van der Waals surface area contributed by atoms with Gasteiger partial charge in [0.05, 0.1) is 0 Å². The molecule has 1 aromatic carbocycles. The number of benzene rings is 1. The number of nitrogens with one attached hydrogen (secondary N) is 1. The molecule has 2 nitrogen and oxygen atoms in total. The quantitative estimate of drug-likeness (QED) is 0.792. The second-order valence-electron chi connectivity index (χ2n) is 4.89. The van der Waals surface area contributed by atoms with Crippen LogP contribution in [0.25, 0.3) is 0 Å². The van der Waals surface area contributed by atoms with Gasteiger partial charge in [0.2, 0.25) is 0 Å². The number of hydrogen-bond donors (Lipinski definition) is 2. The van der Waals surface area contributed by atoms with Crippen molar-refractivity contribution >= 4 is 0 Å². The minimum Gasteiger partial charge on any atom is -0.508 e. The van der Waals surface area contributed by atoms with Crippen LogP contribution < -0.4 is 5.32 Å². The van der Waals surface area contributed by atoms with Gasteiger partial charge >= 0.3 is 0 Å². The predicted octanol–water partition coefficient (Wildman–Crippen LogP) is 2.67. The summed E-state index contributed by atoms with van der Waals surface area (Å²) in [6.45, 7) is 5.30. The Balaban J connectivity index is 1.90. The van der Waals surface area contributed by atoms with Crippen molar-refractivity contribution in [2.24, 2.45) is 5.41 Å². The first kappa shape index (κ1) is 10.5. The molecule has 2 rings (SSSR count). The normalized spacial score (nSPS) is 19.9. The van der Waals surface area contributed by atoms with Gasteiger partial charge in [-0.1, -0.05) is 25.1 Å². The average Bonchev–Trinajstić information content (AvgIpc) is 2.96. The van der Waals surface area contributed by atoms with Gasteiger partial charge < -0.3 is 10.4 Å². The molecule has 2 heteroatoms. The molecular weight excluding hydrogens is 186 g/mol. The fourth-order valence-corrected chi connectivity index (χ4v) is 1.80. The highest BCUT2D eigenvalue weighted by Crippen LogP contribution is 2.48. The molecule has 0 heterocycles. The molecule has 1 aromatic rings. The lowest BCUT2D eigenvalue weighted by atomic mass is 10.0. The number of para-hydroxylation sites is 1. The van der Waals surface area contributed by atoms with Gasteiger partial charge in [-0.3, -0.25) is 0 Å². The molecule has 1 fully saturated rings. The van der Waals surface area contributed by atoms with E-state index in [2.05, 4.69) is 19.2 Å². The molecule has 2 N–H and O–H groups in total. The van der Waals surface area contributed by atoms with Crippen LogP contribution in [0.3, 0.4) is 0 Å². The van der Waals surface area contributed by atoms with E-state index >= 15 is 0 Å². The summed E-state index contributed by atoms with van der Waals surface area (Å²) < 4.78 is 0. The molecule has 0 bridgehead atoms. The monoisotopic (exact) mass is 205 g/mol. The topological polar surface area (TPSA) is 32.3 Å². The van der Waals surface area contributed by atoms with E-state index in [1.165, 1.54) is 12.8 Å². The average molecular weight is 205 g/mol. The Morgan fingerprint density at radius 2 is 2.07 bits per heavy atom. The number of rotatable bonds is 4. The molecule has 0 aromatic heterocycles. The van der Waals surface area contributed by atoms with Crippen molar-refractivity contribution in [2.75, 3.05) is 0 Å². The first-order chi connectivity index (χ1) is 7.12. The fraction of sp³-hybridized carbons (Fsp3) is 0.538. The molecule has 0 spiro atoms. The van der Waals surface area contributed by atoms with Crippen LogP contribution in [-0.4, -0.2) is 11.1 Å². The van der Waals surface area contributed by atoms with Gasteiger partial charge in [-0.25, -0.2) is 0 Å². The maximum Gasteiger partial charge on any atom is 0.120 e. The molecule has 0 amide bonds. The zero-order chi connectivity index (χ0) is 10.9. The SMILES string of the molecule is CC(NCc1ccccc1O)C1(C)CC1. The van der Waals surface area contributed by atoms with Crippen molar-refractivity contribution in [2.45, 2.75) is 39.3 Å². The molecule has 0 aliphatic heterocycles. The molecule has 0 radical (unpaired) electrons. The van der Waals surface area contributed by atoms with Gasteiger partial charge in [0.25, 0.3) is 0 Å². The van der Waals surface area contributed by atoms with E-state index in [1.807, 2.05) is 18.2 Å². The van der Waals surface area contributed by atoms with Gasteiger partial charge in [-0.2, -0.15) is 0 Å². The smallest absolute Gasteiger partial charge is 0.120 e. The van der Waals surface area contributed by atoms with E-state index in [4.69, 9.17) is 0 Å². The van der Waals surface area contributed by atoms with Crippen LogP contribution in [0.5, 0.6) is 5.75 Å². The van der Waals surface area contributed by atoms with Gasteiger partial charge in [0.15, 0.2) is 0 Å². The predicted molar refractivity (Wildman–Crippen MR) is 61.7 cm³/mol. The van der Waals surface area contributed by atoms with Gasteiger partial charge in [0.1, 0.15) is 5.75 Å². The minimum atomic E-state index is 0.387. The van der Waals surface area contributed by atoms with E-state index in [9.17, 15) is 5.11 Å². The van der Waals surface area contributed by atoms with Crippen molar-refractivity contribution < 1.29 is 5.11 Å². The Morgan fingerprint density at radius 1 is 1.40 bits per heavy atom. The Labute approximate surface area is 91.3 Å². The van der Waals surface area contributed by atoms with Crippen molar-refractivity contribution in [1.29, 1.82) is 0 Å². The third-order valence-corrected chi connectivity index (χ3v) is 3.67. The molecule has 1 aliphatic carbocycles. The summed E-state index contributed by atoms with van der Waals surface area (Å²) >= 11 is 0. The Bertz CT molecular complexity index is 344. The lowest BCUT2D eigenvalue weighted by molar-refractivity contribution is 0.375. The maximum absolute atomic E-state index is 9.60. The van der Waals surface area contributed by atoms with E-state index in [0.29, 0.717) is 17.2 Å². The fourth-order valence-electron chi connectivity index (χ4n) is 1.80. The van der Waals surface area contributed by atoms with Crippen LogP contribution in [0.1, 0.15) is 32.3 Å². The van der Waals surface area contributed by atoms with Crippen LogP contribution in [0.15, 0.2) is 24.3 Å². The summed E-state index contributed by atoms with van der Waals surface area (Å²) in [6.07, 6.45) is 2.64. The summed E-state index contributed by atoms with van der Waals surface area (Å²) in [4.78, 5) is 0. The lowest BCUT2D eigenvalue weighted by Gasteiger charge is -2.20. The van der Waals surface area contributed by atoms with Gasteiger partial charge in [-0.05, 0) is 31.2 Å². The van der Waals surface area contributed by atoms with Crippen LogP contribution in [-0.2, 0) is 6.54 Å². The zero-order valence-electron chi connectivity index (χ0n) is 9.46. The van der Waals surface area contributed by atoms with Crippen LogP contribution in [0.4, 0.5) is 0 Å². The largest absolute Gasteiger partial charge is 0.508 e. The summed E-state index contributed by atoms with van der Waals surface area (Å²) in [6, 6.07) is 8.03. The van der Waals surface area contributed by atoms with E-state index in [0.717, 1.165) is 12.1 Å². The highest BCUT2D eigenvalue weighted by Gasteiger charge is 2.42.